The molecule has 2 amide bonds. The molecule has 1 atom stereocenters. The molecule has 2 aromatic carbocycles. The third kappa shape index (κ3) is 3.87. The number of nitrogens with zero attached hydrogens (tertiary/aromatic N) is 3. The molecule has 0 saturated heterocycles. The Labute approximate surface area is 168 Å². The maximum atomic E-state index is 13.0. The number of halogens is 1. The lowest BCUT2D eigenvalue weighted by atomic mass is 10.2. The molecule has 1 aromatic heterocycles. The van der Waals surface area contributed by atoms with Crippen molar-refractivity contribution >= 4 is 34.2 Å². The lowest BCUT2D eigenvalue weighted by Crippen LogP contribution is -2.43. The Kier molecular flexibility index (Phi) is 5.70. The Hall–Kier alpha value is -2.86. The van der Waals surface area contributed by atoms with Crippen molar-refractivity contribution in [3.8, 4) is 0 Å². The van der Waals surface area contributed by atoms with Gasteiger partial charge in [0.2, 0.25) is 0 Å². The van der Waals surface area contributed by atoms with Crippen molar-refractivity contribution in [2.75, 3.05) is 5.32 Å². The first-order valence-corrected chi connectivity index (χ1v) is 9.48. The van der Waals surface area contributed by atoms with Crippen LogP contribution in [0, 0.1) is 0 Å². The van der Waals surface area contributed by atoms with E-state index in [0.717, 1.165) is 0 Å². The highest BCUT2D eigenvalue weighted by atomic mass is 35.5. The zero-order valence-electron chi connectivity index (χ0n) is 16.3. The predicted octanol–water partition coefficient (Wildman–Crippen LogP) is 4.59. The number of fused-ring (bicyclic) bond motifs is 1. The van der Waals surface area contributed by atoms with Crippen molar-refractivity contribution in [2.24, 2.45) is 7.05 Å². The first kappa shape index (κ1) is 19.9. The van der Waals surface area contributed by atoms with Gasteiger partial charge in [-0.1, -0.05) is 29.8 Å². The second-order valence-corrected chi connectivity index (χ2v) is 7.41. The Morgan fingerprint density at radius 2 is 1.86 bits per heavy atom. The molecule has 0 bridgehead atoms. The highest BCUT2D eigenvalue weighted by molar-refractivity contribution is 6.30. The van der Waals surface area contributed by atoms with Gasteiger partial charge in [-0.15, -0.1) is 0 Å². The molecule has 0 fully saturated rings. The van der Waals surface area contributed by atoms with E-state index < -0.39 is 6.04 Å². The maximum absolute atomic E-state index is 13.0. The van der Waals surface area contributed by atoms with Gasteiger partial charge < -0.3 is 10.2 Å². The van der Waals surface area contributed by atoms with E-state index in [1.165, 1.54) is 4.57 Å². The minimum atomic E-state index is -0.415. The van der Waals surface area contributed by atoms with Crippen LogP contribution in [0.25, 0.3) is 10.9 Å². The molecule has 0 aliphatic rings. The number of urea groups is 1. The molecular formula is C21H23ClN4O2. The molecule has 1 N–H and O–H groups in total. The van der Waals surface area contributed by atoms with Crippen LogP contribution < -0.4 is 10.9 Å². The Bertz CT molecular complexity index is 1080. The summed E-state index contributed by atoms with van der Waals surface area (Å²) in [6, 6.07) is 13.4. The van der Waals surface area contributed by atoms with Crippen molar-refractivity contribution in [3.05, 3.63) is 69.7 Å². The van der Waals surface area contributed by atoms with E-state index in [1.807, 2.05) is 32.9 Å². The number of hydrogen-bond donors (Lipinski definition) is 1. The lowest BCUT2D eigenvalue weighted by molar-refractivity contribution is 0.168. The van der Waals surface area contributed by atoms with Crippen LogP contribution in [0.1, 0.15) is 32.6 Å². The molecule has 3 rings (SSSR count). The highest BCUT2D eigenvalue weighted by Gasteiger charge is 2.27. The number of carbonyl (C=O) groups is 1. The molecule has 0 aliphatic heterocycles. The smallest absolute Gasteiger partial charge is 0.312 e. The molecule has 1 heterocycles. The molecular weight excluding hydrogens is 376 g/mol. The van der Waals surface area contributed by atoms with Gasteiger partial charge >= 0.3 is 6.03 Å². The Morgan fingerprint density at radius 1 is 1.14 bits per heavy atom. The summed E-state index contributed by atoms with van der Waals surface area (Å²) in [7, 11) is 1.68. The fourth-order valence-corrected chi connectivity index (χ4v) is 3.54. The van der Waals surface area contributed by atoms with E-state index in [-0.39, 0.29) is 17.6 Å². The highest BCUT2D eigenvalue weighted by Crippen LogP contribution is 2.23. The number of para-hydroxylation sites is 1. The number of carbonyl (C=O) groups excluding carboxylic acids is 1. The van der Waals surface area contributed by atoms with E-state index in [9.17, 15) is 9.59 Å². The van der Waals surface area contributed by atoms with E-state index in [4.69, 9.17) is 11.6 Å². The summed E-state index contributed by atoms with van der Waals surface area (Å²) in [6.07, 6.45) is 0. The number of benzene rings is 2. The molecule has 0 radical (unpaired) electrons. The largest absolute Gasteiger partial charge is 0.322 e. The van der Waals surface area contributed by atoms with Crippen LogP contribution in [0.2, 0.25) is 5.02 Å². The van der Waals surface area contributed by atoms with Gasteiger partial charge in [-0.2, -0.15) is 0 Å². The second kappa shape index (κ2) is 8.02. The predicted molar refractivity (Wildman–Crippen MR) is 113 cm³/mol. The number of anilines is 1. The number of rotatable bonds is 4. The van der Waals surface area contributed by atoms with E-state index >= 15 is 0 Å². The molecule has 0 saturated carbocycles. The van der Waals surface area contributed by atoms with Crippen LogP contribution in [-0.4, -0.2) is 26.5 Å². The molecule has 7 heteroatoms. The van der Waals surface area contributed by atoms with Gasteiger partial charge in [0.1, 0.15) is 5.82 Å². The van der Waals surface area contributed by atoms with Crippen LogP contribution in [0.4, 0.5) is 10.5 Å². The molecule has 146 valence electrons. The van der Waals surface area contributed by atoms with Crippen LogP contribution in [-0.2, 0) is 7.05 Å². The summed E-state index contributed by atoms with van der Waals surface area (Å²) >= 11 is 6.01. The average Bonchev–Trinajstić information content (AvgIpc) is 2.64. The van der Waals surface area contributed by atoms with Gasteiger partial charge in [-0.25, -0.2) is 9.78 Å². The fraction of sp³-hybridized carbons (Fsp3) is 0.286. The second-order valence-electron chi connectivity index (χ2n) is 6.97. The standard InChI is InChI=1S/C21H23ClN4O2/c1-13(2)26(21(28)23-16-9-7-8-15(22)12-16)14(3)19-24-18-11-6-5-10-17(18)20(27)25(19)4/h5-14H,1-4H3,(H,23,28). The van der Waals surface area contributed by atoms with Gasteiger partial charge in [0, 0.05) is 23.8 Å². The Morgan fingerprint density at radius 3 is 2.54 bits per heavy atom. The molecule has 3 aromatic rings. The summed E-state index contributed by atoms with van der Waals surface area (Å²) in [4.78, 5) is 32.1. The Balaban J connectivity index is 1.98. The number of amides is 2. The first-order chi connectivity index (χ1) is 13.3. The summed E-state index contributed by atoms with van der Waals surface area (Å²) in [5, 5.41) is 3.97. The summed E-state index contributed by atoms with van der Waals surface area (Å²) in [5.74, 6) is 0.527. The van der Waals surface area contributed by atoms with Crippen LogP contribution in [0.3, 0.4) is 0 Å². The molecule has 28 heavy (non-hydrogen) atoms. The summed E-state index contributed by atoms with van der Waals surface area (Å²) < 4.78 is 1.51. The van der Waals surface area contributed by atoms with E-state index in [1.54, 1.807) is 48.3 Å². The zero-order valence-corrected chi connectivity index (χ0v) is 17.1. The SMILES string of the molecule is CC(C)N(C(=O)Nc1cccc(Cl)c1)C(C)c1nc2ccccc2c(=O)n1C. The average molecular weight is 399 g/mol. The molecule has 1 unspecified atom stereocenters. The fourth-order valence-electron chi connectivity index (χ4n) is 3.35. The normalized spacial score (nSPS) is 12.2. The third-order valence-electron chi connectivity index (χ3n) is 4.68. The van der Waals surface area contributed by atoms with Gasteiger partial charge in [0.15, 0.2) is 0 Å². The third-order valence-corrected chi connectivity index (χ3v) is 4.91. The zero-order chi connectivity index (χ0) is 20.4. The van der Waals surface area contributed by atoms with Crippen LogP contribution >= 0.6 is 11.6 Å². The summed E-state index contributed by atoms with van der Waals surface area (Å²) in [6.45, 7) is 5.72. The minimum absolute atomic E-state index is 0.113. The van der Waals surface area contributed by atoms with Crippen molar-refractivity contribution in [1.82, 2.24) is 14.5 Å². The van der Waals surface area contributed by atoms with Gasteiger partial charge in [-0.3, -0.25) is 9.36 Å². The topological polar surface area (TPSA) is 67.2 Å². The van der Waals surface area contributed by atoms with Crippen molar-refractivity contribution < 1.29 is 4.79 Å². The van der Waals surface area contributed by atoms with Crippen LogP contribution in [0.15, 0.2) is 53.3 Å². The van der Waals surface area contributed by atoms with Gasteiger partial charge in [0.05, 0.1) is 16.9 Å². The lowest BCUT2D eigenvalue weighted by Gasteiger charge is -2.33. The van der Waals surface area contributed by atoms with Crippen molar-refractivity contribution in [2.45, 2.75) is 32.9 Å². The monoisotopic (exact) mass is 398 g/mol. The number of hydrogen-bond acceptors (Lipinski definition) is 3. The van der Waals surface area contributed by atoms with Gasteiger partial charge in [0.25, 0.3) is 5.56 Å². The molecule has 0 aliphatic carbocycles. The quantitative estimate of drug-likeness (QED) is 0.698. The first-order valence-electron chi connectivity index (χ1n) is 9.10. The van der Waals surface area contributed by atoms with Crippen LogP contribution in [0.5, 0.6) is 0 Å². The van der Waals surface area contributed by atoms with Gasteiger partial charge in [-0.05, 0) is 51.1 Å². The van der Waals surface area contributed by atoms with Crippen molar-refractivity contribution in [3.63, 3.8) is 0 Å². The maximum Gasteiger partial charge on any atom is 0.322 e. The molecule has 6 nitrogen and oxygen atoms in total. The van der Waals surface area contributed by atoms with Crippen molar-refractivity contribution in [1.29, 1.82) is 0 Å². The number of nitrogens with one attached hydrogen (secondary N) is 1. The molecule has 0 spiro atoms. The number of aromatic nitrogens is 2. The summed E-state index contributed by atoms with van der Waals surface area (Å²) in [5.41, 5.74) is 1.09. The minimum Gasteiger partial charge on any atom is -0.312 e. The van der Waals surface area contributed by atoms with E-state index in [2.05, 4.69) is 10.3 Å². The van der Waals surface area contributed by atoms with E-state index in [0.29, 0.717) is 27.4 Å².